The number of amides is 1. The number of carbonyl (C=O) groups excluding carboxylic acids is 1. The molecule has 1 unspecified atom stereocenters. The maximum absolute atomic E-state index is 13.4. The summed E-state index contributed by atoms with van der Waals surface area (Å²) in [6.45, 7) is -0.0173. The van der Waals surface area contributed by atoms with E-state index in [1.807, 2.05) is 0 Å². The molecule has 6 nitrogen and oxygen atoms in total. The van der Waals surface area contributed by atoms with Gasteiger partial charge in [0, 0.05) is 17.1 Å². The zero-order valence-corrected chi connectivity index (χ0v) is 16.2. The smallest absolute Gasteiger partial charge is 0.258 e. The molecule has 146 valence electrons. The van der Waals surface area contributed by atoms with Gasteiger partial charge in [-0.25, -0.2) is 4.39 Å². The number of hydrogen-bond acceptors (Lipinski definition) is 6. The quantitative estimate of drug-likeness (QED) is 0.580. The Morgan fingerprint density at radius 1 is 1.25 bits per heavy atom. The molecule has 3 aromatic rings. The third-order valence-corrected chi connectivity index (χ3v) is 4.76. The van der Waals surface area contributed by atoms with Crippen LogP contribution in [0.25, 0.3) is 11.3 Å². The van der Waals surface area contributed by atoms with Crippen LogP contribution in [0.15, 0.2) is 48.5 Å². The van der Waals surface area contributed by atoms with Gasteiger partial charge in [0.1, 0.15) is 11.5 Å². The van der Waals surface area contributed by atoms with E-state index < -0.39 is 11.9 Å². The fraction of sp³-hybridized carbons (Fsp3) is 0.211. The van der Waals surface area contributed by atoms with Crippen molar-refractivity contribution in [3.8, 4) is 17.1 Å². The van der Waals surface area contributed by atoms with E-state index in [4.69, 9.17) is 16.3 Å². The van der Waals surface area contributed by atoms with Crippen LogP contribution < -0.4 is 10.1 Å². The minimum Gasteiger partial charge on any atom is -0.465 e. The molecular formula is C19H17ClFN3O3S. The summed E-state index contributed by atoms with van der Waals surface area (Å²) >= 11 is 6.95. The summed E-state index contributed by atoms with van der Waals surface area (Å²) in [6.07, 6.45) is -0.473. The molecule has 1 heterocycles. The number of aliphatic hydroxyl groups is 1. The zero-order chi connectivity index (χ0) is 19.9. The average Bonchev–Trinajstić information content (AvgIpc) is 3.15. The van der Waals surface area contributed by atoms with Gasteiger partial charge in [-0.3, -0.25) is 4.79 Å². The average molecular weight is 422 g/mol. The van der Waals surface area contributed by atoms with E-state index in [0.717, 1.165) is 11.7 Å². The Morgan fingerprint density at radius 3 is 2.86 bits per heavy atom. The first-order valence-electron chi connectivity index (χ1n) is 8.45. The fourth-order valence-electron chi connectivity index (χ4n) is 2.52. The number of nitrogens with one attached hydrogen (secondary N) is 1. The van der Waals surface area contributed by atoms with Crippen LogP contribution in [-0.4, -0.2) is 32.9 Å². The van der Waals surface area contributed by atoms with Gasteiger partial charge in [0.15, 0.2) is 6.61 Å². The second kappa shape index (κ2) is 9.59. The predicted octanol–water partition coefficient (Wildman–Crippen LogP) is 3.62. The Kier molecular flexibility index (Phi) is 6.91. The summed E-state index contributed by atoms with van der Waals surface area (Å²) in [5.74, 6) is -0.599. The summed E-state index contributed by atoms with van der Waals surface area (Å²) in [4.78, 5) is 12.0. The first-order valence-corrected chi connectivity index (χ1v) is 9.56. The van der Waals surface area contributed by atoms with Gasteiger partial charge in [-0.15, -0.1) is 4.37 Å². The number of aliphatic hydroxyl groups excluding tert-OH is 1. The lowest BCUT2D eigenvalue weighted by atomic mass is 10.1. The fourth-order valence-corrected chi connectivity index (χ4v) is 3.30. The topological polar surface area (TPSA) is 84.3 Å². The molecule has 0 radical (unpaired) electrons. The van der Waals surface area contributed by atoms with Crippen LogP contribution in [0.5, 0.6) is 5.88 Å². The van der Waals surface area contributed by atoms with Crippen LogP contribution in [0.3, 0.4) is 0 Å². The van der Waals surface area contributed by atoms with Crippen molar-refractivity contribution in [1.82, 2.24) is 14.1 Å². The molecule has 28 heavy (non-hydrogen) atoms. The predicted molar refractivity (Wildman–Crippen MR) is 105 cm³/mol. The standard InChI is InChI=1S/C19H17ClFN3O3S/c20-15-7-2-1-6-14(15)16(25)8-9-22-17(26)11-27-19-18(23-28-24-19)12-4-3-5-13(21)10-12/h1-7,10,16,25H,8-9,11H2,(H,22,26). The zero-order valence-electron chi connectivity index (χ0n) is 14.6. The molecule has 2 aromatic carbocycles. The first kappa shape index (κ1) is 20.2. The molecule has 0 bridgehead atoms. The maximum Gasteiger partial charge on any atom is 0.258 e. The highest BCUT2D eigenvalue weighted by Gasteiger charge is 2.15. The summed E-state index contributed by atoms with van der Waals surface area (Å²) in [6, 6.07) is 12.9. The van der Waals surface area contributed by atoms with Crippen molar-refractivity contribution in [3.05, 3.63) is 64.9 Å². The number of hydrogen-bond donors (Lipinski definition) is 2. The van der Waals surface area contributed by atoms with Crippen LogP contribution in [0.1, 0.15) is 18.1 Å². The van der Waals surface area contributed by atoms with Crippen molar-refractivity contribution in [2.45, 2.75) is 12.5 Å². The van der Waals surface area contributed by atoms with Crippen molar-refractivity contribution in [2.75, 3.05) is 13.2 Å². The van der Waals surface area contributed by atoms with E-state index in [1.54, 1.807) is 36.4 Å². The third kappa shape index (κ3) is 5.25. The van der Waals surface area contributed by atoms with Crippen molar-refractivity contribution < 1.29 is 19.0 Å². The minimum atomic E-state index is -0.780. The monoisotopic (exact) mass is 421 g/mol. The molecule has 0 aliphatic rings. The molecule has 9 heteroatoms. The molecular weight excluding hydrogens is 405 g/mol. The van der Waals surface area contributed by atoms with Gasteiger partial charge in [-0.1, -0.05) is 41.9 Å². The molecule has 0 aliphatic carbocycles. The summed E-state index contributed by atoms with van der Waals surface area (Å²) in [5, 5.41) is 13.3. The van der Waals surface area contributed by atoms with Crippen LogP contribution in [-0.2, 0) is 4.79 Å². The van der Waals surface area contributed by atoms with Gasteiger partial charge >= 0.3 is 0 Å². The molecule has 1 atom stereocenters. The van der Waals surface area contributed by atoms with Gasteiger partial charge in [0.2, 0.25) is 0 Å². The van der Waals surface area contributed by atoms with Gasteiger partial charge in [0.25, 0.3) is 11.8 Å². The van der Waals surface area contributed by atoms with E-state index in [1.165, 1.54) is 12.1 Å². The third-order valence-electron chi connectivity index (χ3n) is 3.90. The number of benzene rings is 2. The van der Waals surface area contributed by atoms with Crippen LogP contribution in [0, 0.1) is 5.82 Å². The number of nitrogens with zero attached hydrogens (tertiary/aromatic N) is 2. The number of halogens is 2. The molecule has 0 spiro atoms. The van der Waals surface area contributed by atoms with E-state index in [2.05, 4.69) is 14.1 Å². The Hall–Kier alpha value is -2.55. The highest BCUT2D eigenvalue weighted by Crippen LogP contribution is 2.28. The number of rotatable bonds is 8. The number of aromatic nitrogens is 2. The second-order valence-electron chi connectivity index (χ2n) is 5.89. The molecule has 3 rings (SSSR count). The highest BCUT2D eigenvalue weighted by molar-refractivity contribution is 6.99. The Bertz CT molecular complexity index is 953. The van der Waals surface area contributed by atoms with E-state index >= 15 is 0 Å². The van der Waals surface area contributed by atoms with Crippen molar-refractivity contribution in [3.63, 3.8) is 0 Å². The largest absolute Gasteiger partial charge is 0.465 e. The Labute approximate surface area is 170 Å². The summed E-state index contributed by atoms with van der Waals surface area (Å²) in [7, 11) is 0. The summed E-state index contributed by atoms with van der Waals surface area (Å²) < 4.78 is 26.9. The molecule has 0 aliphatic heterocycles. The lowest BCUT2D eigenvalue weighted by molar-refractivity contribution is -0.123. The van der Waals surface area contributed by atoms with E-state index in [-0.39, 0.29) is 24.9 Å². The molecule has 0 fully saturated rings. The molecule has 0 saturated carbocycles. The molecule has 1 amide bonds. The second-order valence-corrected chi connectivity index (χ2v) is 6.83. The summed E-state index contributed by atoms with van der Waals surface area (Å²) in [5.41, 5.74) is 1.52. The maximum atomic E-state index is 13.4. The van der Waals surface area contributed by atoms with Crippen molar-refractivity contribution >= 4 is 29.2 Å². The van der Waals surface area contributed by atoms with E-state index in [0.29, 0.717) is 28.3 Å². The van der Waals surface area contributed by atoms with Gasteiger partial charge in [0.05, 0.1) is 17.8 Å². The molecule has 1 aromatic heterocycles. The Morgan fingerprint density at radius 2 is 2.07 bits per heavy atom. The SMILES string of the molecule is O=C(COc1nsnc1-c1cccc(F)c1)NCCC(O)c1ccccc1Cl. The van der Waals surface area contributed by atoms with Gasteiger partial charge < -0.3 is 15.2 Å². The van der Waals surface area contributed by atoms with Gasteiger partial charge in [-0.05, 0) is 30.2 Å². The number of carbonyl (C=O) groups is 1. The number of ether oxygens (including phenoxy) is 1. The lowest BCUT2D eigenvalue weighted by Gasteiger charge is -2.13. The Balaban J connectivity index is 1.48. The van der Waals surface area contributed by atoms with Crippen molar-refractivity contribution in [1.29, 1.82) is 0 Å². The van der Waals surface area contributed by atoms with Crippen LogP contribution in [0.2, 0.25) is 5.02 Å². The normalized spacial score (nSPS) is 11.8. The van der Waals surface area contributed by atoms with Crippen LogP contribution >= 0.6 is 23.3 Å². The van der Waals surface area contributed by atoms with Crippen LogP contribution in [0.4, 0.5) is 4.39 Å². The van der Waals surface area contributed by atoms with Gasteiger partial charge in [-0.2, -0.15) is 4.37 Å². The molecule has 2 N–H and O–H groups in total. The lowest BCUT2D eigenvalue weighted by Crippen LogP contribution is -2.30. The van der Waals surface area contributed by atoms with Crippen molar-refractivity contribution in [2.24, 2.45) is 0 Å². The first-order chi connectivity index (χ1) is 13.5. The molecule has 0 saturated heterocycles. The van der Waals surface area contributed by atoms with E-state index in [9.17, 15) is 14.3 Å². The highest BCUT2D eigenvalue weighted by atomic mass is 35.5. The minimum absolute atomic E-state index is 0.168.